The van der Waals surface area contributed by atoms with Crippen molar-refractivity contribution in [3.05, 3.63) is 69.8 Å². The van der Waals surface area contributed by atoms with Crippen molar-refractivity contribution in [3.8, 4) is 5.75 Å². The molecule has 0 radical (unpaired) electrons. The smallest absolute Gasteiger partial charge is 0.263 e. The Morgan fingerprint density at radius 3 is 2.71 bits per heavy atom. The van der Waals surface area contributed by atoms with Gasteiger partial charge in [-0.1, -0.05) is 50.9 Å². The number of aryl methyl sites for hydroxylation is 1. The molecule has 8 heteroatoms. The highest BCUT2D eigenvalue weighted by molar-refractivity contribution is 7.83. The number of carbonyl (C=O) groups excluding carboxylic acids is 1. The number of allylic oxidation sites excluding steroid dienone is 1. The third-order valence-corrected chi connectivity index (χ3v) is 11.7. The van der Waals surface area contributed by atoms with E-state index in [-0.39, 0.29) is 29.3 Å². The summed E-state index contributed by atoms with van der Waals surface area (Å²) < 4.78 is 28.5. The van der Waals surface area contributed by atoms with Crippen molar-refractivity contribution in [2.75, 3.05) is 37.5 Å². The van der Waals surface area contributed by atoms with Crippen molar-refractivity contribution in [2.24, 2.45) is 23.2 Å². The normalized spacial score (nSPS) is 32.7. The van der Waals surface area contributed by atoms with Gasteiger partial charge < -0.3 is 14.4 Å². The molecule has 7 unspecified atom stereocenters. The summed E-state index contributed by atoms with van der Waals surface area (Å²) in [5.74, 6) is 2.14. The average Bonchev–Trinajstić information content (AvgIpc) is 3.11. The number of halogens is 1. The molecule has 1 N–H and O–H groups in total. The number of hydrogen-bond acceptors (Lipinski definition) is 5. The van der Waals surface area contributed by atoms with E-state index in [9.17, 15) is 9.00 Å². The van der Waals surface area contributed by atoms with Gasteiger partial charge in [-0.25, -0.2) is 4.21 Å². The number of ether oxygens (including phenoxy) is 2. The van der Waals surface area contributed by atoms with Crippen LogP contribution in [-0.4, -0.2) is 48.8 Å². The Balaban J connectivity index is 1.38. The van der Waals surface area contributed by atoms with Gasteiger partial charge in [0.25, 0.3) is 5.91 Å². The zero-order valence-electron chi connectivity index (χ0n) is 25.2. The van der Waals surface area contributed by atoms with Crippen LogP contribution in [0.5, 0.6) is 5.75 Å². The maximum Gasteiger partial charge on any atom is 0.263 e. The molecule has 226 valence electrons. The van der Waals surface area contributed by atoms with Gasteiger partial charge in [0, 0.05) is 42.5 Å². The Bertz CT molecular complexity index is 1410. The van der Waals surface area contributed by atoms with Crippen molar-refractivity contribution in [3.63, 3.8) is 0 Å². The summed E-state index contributed by atoms with van der Waals surface area (Å²) in [7, 11) is 0.368. The van der Waals surface area contributed by atoms with Gasteiger partial charge in [0.05, 0.1) is 18.4 Å². The molecule has 1 fully saturated rings. The number of nitrogens with one attached hydrogen (secondary N) is 1. The van der Waals surface area contributed by atoms with Gasteiger partial charge in [0.1, 0.15) is 16.7 Å². The first-order chi connectivity index (χ1) is 20.2. The van der Waals surface area contributed by atoms with Crippen molar-refractivity contribution in [2.45, 2.75) is 64.9 Å². The Morgan fingerprint density at radius 1 is 1.19 bits per heavy atom. The minimum Gasteiger partial charge on any atom is -0.491 e. The lowest BCUT2D eigenvalue weighted by Crippen LogP contribution is -2.48. The number of methoxy groups -OCH3 is 1. The molecule has 3 heterocycles. The van der Waals surface area contributed by atoms with Gasteiger partial charge in [-0.15, -0.1) is 0 Å². The second-order valence-electron chi connectivity index (χ2n) is 13.1. The number of fused-ring (bicyclic) bond motifs is 4. The largest absolute Gasteiger partial charge is 0.491 e. The fourth-order valence-electron chi connectivity index (χ4n) is 7.51. The van der Waals surface area contributed by atoms with Crippen molar-refractivity contribution in [1.29, 1.82) is 0 Å². The van der Waals surface area contributed by atoms with Gasteiger partial charge in [-0.3, -0.25) is 9.52 Å². The van der Waals surface area contributed by atoms with E-state index >= 15 is 0 Å². The number of benzene rings is 2. The Kier molecular flexibility index (Phi) is 8.47. The summed E-state index contributed by atoms with van der Waals surface area (Å²) in [6.45, 7) is 8.76. The van der Waals surface area contributed by atoms with Crippen molar-refractivity contribution >= 4 is 34.2 Å². The molecule has 7 rings (SSSR count). The molecule has 3 aliphatic heterocycles. The first kappa shape index (κ1) is 29.7. The molecule has 42 heavy (non-hydrogen) atoms. The predicted octanol–water partition coefficient (Wildman–Crippen LogP) is 6.70. The van der Waals surface area contributed by atoms with E-state index in [1.807, 2.05) is 25.3 Å². The topological polar surface area (TPSA) is 67.9 Å². The van der Waals surface area contributed by atoms with Crippen LogP contribution >= 0.6 is 11.6 Å². The number of rotatable bonds is 4. The molecular weight excluding hydrogens is 568 g/mol. The predicted molar refractivity (Wildman–Crippen MR) is 170 cm³/mol. The lowest BCUT2D eigenvalue weighted by molar-refractivity contribution is -0.00436. The van der Waals surface area contributed by atoms with Crippen LogP contribution in [0.1, 0.15) is 73.9 Å². The quantitative estimate of drug-likeness (QED) is 0.391. The third kappa shape index (κ3) is 5.65. The van der Waals surface area contributed by atoms with Gasteiger partial charge in [-0.05, 0) is 95.9 Å². The lowest BCUT2D eigenvalue weighted by atomic mass is 9.60. The number of nitrogens with zero attached hydrogens (tertiary/aromatic N) is 1. The molecule has 1 amide bonds. The van der Waals surface area contributed by atoms with Gasteiger partial charge >= 0.3 is 0 Å². The maximum absolute atomic E-state index is 13.3. The summed E-state index contributed by atoms with van der Waals surface area (Å²) in [6, 6.07) is 11.9. The first-order valence-electron chi connectivity index (χ1n) is 15.4. The van der Waals surface area contributed by atoms with Crippen LogP contribution in [0, 0.1) is 23.2 Å². The minimum absolute atomic E-state index is 0.0399. The number of hydrogen-bond donors (Lipinski definition) is 1. The van der Waals surface area contributed by atoms with Crippen LogP contribution in [0.25, 0.3) is 0 Å². The molecule has 6 nitrogen and oxygen atoms in total. The maximum atomic E-state index is 13.3. The zero-order valence-corrected chi connectivity index (χ0v) is 26.7. The summed E-state index contributed by atoms with van der Waals surface area (Å²) in [5.41, 5.74) is 5.32. The molecule has 7 atom stereocenters. The number of carbonyl (C=O) groups is 1. The summed E-state index contributed by atoms with van der Waals surface area (Å²) in [6.07, 6.45) is 7.73. The van der Waals surface area contributed by atoms with E-state index in [0.29, 0.717) is 29.8 Å². The van der Waals surface area contributed by atoms with Gasteiger partial charge in [0.2, 0.25) is 0 Å². The number of anilines is 1. The van der Waals surface area contributed by atoms with E-state index in [4.69, 9.17) is 21.1 Å². The SMILES string of the molecule is CCCc1cc(Cl)ccc1C1COc2ccc3cc2N(C1)CC1CCC1C(OC)C1=CC(C)(C1)C(C)CS(=O)NC3=O. The van der Waals surface area contributed by atoms with E-state index in [1.54, 1.807) is 6.07 Å². The Morgan fingerprint density at radius 2 is 2.00 bits per heavy atom. The summed E-state index contributed by atoms with van der Waals surface area (Å²) >= 11 is 6.42. The fourth-order valence-corrected chi connectivity index (χ4v) is 8.95. The Labute approximate surface area is 257 Å². The molecule has 1 saturated carbocycles. The van der Waals surface area contributed by atoms with E-state index < -0.39 is 11.0 Å². The molecule has 4 bridgehead atoms. The average molecular weight is 611 g/mol. The van der Waals surface area contributed by atoms with Crippen LogP contribution in [0.2, 0.25) is 5.02 Å². The van der Waals surface area contributed by atoms with Crippen molar-refractivity contribution < 1.29 is 18.5 Å². The van der Waals surface area contributed by atoms with E-state index in [0.717, 1.165) is 61.7 Å². The van der Waals surface area contributed by atoms with E-state index in [1.165, 1.54) is 16.7 Å². The molecule has 0 saturated heterocycles. The van der Waals surface area contributed by atoms with Crippen LogP contribution in [0.3, 0.4) is 0 Å². The molecule has 2 aromatic carbocycles. The number of amides is 1. The summed E-state index contributed by atoms with van der Waals surface area (Å²) in [4.78, 5) is 15.7. The summed E-state index contributed by atoms with van der Waals surface area (Å²) in [5, 5.41) is 0.761. The molecule has 0 spiro atoms. The van der Waals surface area contributed by atoms with Crippen LogP contribution in [-0.2, 0) is 22.1 Å². The molecular formula is C34H43ClN2O4S. The fraction of sp³-hybridized carbons (Fsp3) is 0.559. The molecule has 2 aliphatic carbocycles. The van der Waals surface area contributed by atoms with Crippen LogP contribution in [0.4, 0.5) is 5.69 Å². The highest BCUT2D eigenvalue weighted by atomic mass is 35.5. The van der Waals surface area contributed by atoms with Crippen LogP contribution in [0.15, 0.2) is 48.0 Å². The van der Waals surface area contributed by atoms with E-state index in [2.05, 4.69) is 48.6 Å². The molecule has 0 aromatic heterocycles. The van der Waals surface area contributed by atoms with Crippen molar-refractivity contribution in [1.82, 2.24) is 4.72 Å². The minimum atomic E-state index is -1.47. The zero-order chi connectivity index (χ0) is 29.6. The second kappa shape index (κ2) is 12.0. The van der Waals surface area contributed by atoms with Gasteiger partial charge in [0.15, 0.2) is 0 Å². The third-order valence-electron chi connectivity index (χ3n) is 10.3. The Hall–Kier alpha value is -2.35. The highest BCUT2D eigenvalue weighted by Gasteiger charge is 2.46. The standard InChI is InChI=1S/C34H43ClN2O4S/c1-5-6-22-13-27(35)9-11-28(22)26-18-37-17-24-7-10-29(24)32(40-4)25-15-34(3,16-25)21(2)20-42(39)36-33(38)23-8-12-31(41-19-26)30(37)14-23/h8-9,11-15,21,24,26,29,32H,5-7,10,16-20H2,1-4H3,(H,36,38). The first-order valence-corrected chi connectivity index (χ1v) is 17.1. The second-order valence-corrected chi connectivity index (χ2v) is 14.8. The lowest BCUT2D eigenvalue weighted by Gasteiger charge is -2.50. The molecule has 2 aromatic rings. The highest BCUT2D eigenvalue weighted by Crippen LogP contribution is 2.51. The van der Waals surface area contributed by atoms with Gasteiger partial charge in [-0.2, -0.15) is 0 Å². The molecule has 5 aliphatic rings. The van der Waals surface area contributed by atoms with Crippen LogP contribution < -0.4 is 14.4 Å². The monoisotopic (exact) mass is 610 g/mol.